The molecule has 1 unspecified atom stereocenters. The van der Waals surface area contributed by atoms with Crippen LogP contribution in [-0.4, -0.2) is 36.7 Å². The van der Waals surface area contributed by atoms with Gasteiger partial charge in [0.1, 0.15) is 11.5 Å². The van der Waals surface area contributed by atoms with E-state index in [2.05, 4.69) is 5.10 Å². The van der Waals surface area contributed by atoms with Crippen LogP contribution in [0.5, 0.6) is 0 Å². The van der Waals surface area contributed by atoms with E-state index in [1.54, 1.807) is 11.7 Å². The predicted octanol–water partition coefficient (Wildman–Crippen LogP) is 2.83. The lowest BCUT2D eigenvalue weighted by Gasteiger charge is -2.26. The molecule has 1 amide bonds. The molecular formula is C22H25N5O2. The maximum absolute atomic E-state index is 13.3. The number of para-hydroxylation sites is 1. The highest BCUT2D eigenvalue weighted by Gasteiger charge is 2.36. The zero-order valence-electron chi connectivity index (χ0n) is 16.8. The summed E-state index contributed by atoms with van der Waals surface area (Å²) in [6, 6.07) is 9.14. The van der Waals surface area contributed by atoms with Crippen LogP contribution in [0.1, 0.15) is 53.7 Å². The van der Waals surface area contributed by atoms with Crippen molar-refractivity contribution >= 4 is 16.8 Å². The lowest BCUT2D eigenvalue weighted by Crippen LogP contribution is -2.36. The van der Waals surface area contributed by atoms with E-state index in [0.29, 0.717) is 35.6 Å². The van der Waals surface area contributed by atoms with Crippen molar-refractivity contribution in [2.24, 2.45) is 13.0 Å². The number of fused-ring (bicyclic) bond motifs is 1. The molecule has 2 fully saturated rings. The Morgan fingerprint density at radius 1 is 1.21 bits per heavy atom. The average Bonchev–Trinajstić information content (AvgIpc) is 3.27. The van der Waals surface area contributed by atoms with Crippen molar-refractivity contribution in [2.75, 3.05) is 6.54 Å². The number of aryl methyl sites for hydroxylation is 2. The first kappa shape index (κ1) is 18.1. The van der Waals surface area contributed by atoms with Gasteiger partial charge in [-0.1, -0.05) is 12.1 Å². The fourth-order valence-corrected chi connectivity index (χ4v) is 4.41. The van der Waals surface area contributed by atoms with Gasteiger partial charge in [0.05, 0.1) is 22.6 Å². The largest absolute Gasteiger partial charge is 0.327 e. The number of carbonyl (C=O) groups is 1. The summed E-state index contributed by atoms with van der Waals surface area (Å²) in [6.07, 6.45) is 4.03. The summed E-state index contributed by atoms with van der Waals surface area (Å²) in [4.78, 5) is 33.4. The van der Waals surface area contributed by atoms with E-state index >= 15 is 0 Å². The number of hydrogen-bond acceptors (Lipinski definition) is 4. The Hall–Kier alpha value is -2.96. The van der Waals surface area contributed by atoms with E-state index in [0.717, 1.165) is 37.2 Å². The molecule has 1 saturated carbocycles. The minimum Gasteiger partial charge on any atom is -0.327 e. The lowest BCUT2D eigenvalue weighted by atomic mass is 10.1. The van der Waals surface area contributed by atoms with E-state index in [1.807, 2.05) is 46.7 Å². The second kappa shape index (κ2) is 6.83. The molecule has 3 heterocycles. The first-order valence-electron chi connectivity index (χ1n) is 10.3. The van der Waals surface area contributed by atoms with Crippen LogP contribution in [0.3, 0.4) is 0 Å². The summed E-state index contributed by atoms with van der Waals surface area (Å²) in [5.41, 5.74) is 2.11. The van der Waals surface area contributed by atoms with Gasteiger partial charge < -0.3 is 4.90 Å². The zero-order chi connectivity index (χ0) is 20.1. The van der Waals surface area contributed by atoms with Crippen LogP contribution in [-0.2, 0) is 13.6 Å². The van der Waals surface area contributed by atoms with Gasteiger partial charge in [0.25, 0.3) is 11.5 Å². The SMILES string of the molecule is Cc1cc(C(=O)N2CCCC2c2nc3ccccc3c(=O)n2CC2CC2)n(C)n1. The Labute approximate surface area is 169 Å². The lowest BCUT2D eigenvalue weighted by molar-refractivity contribution is 0.0715. The van der Waals surface area contributed by atoms with Crippen molar-refractivity contribution in [1.82, 2.24) is 24.2 Å². The summed E-state index contributed by atoms with van der Waals surface area (Å²) in [5.74, 6) is 1.22. The Kier molecular flexibility index (Phi) is 4.26. The Morgan fingerprint density at radius 3 is 2.72 bits per heavy atom. The third-order valence-electron chi connectivity index (χ3n) is 6.06. The molecule has 0 bridgehead atoms. The summed E-state index contributed by atoms with van der Waals surface area (Å²) >= 11 is 0. The van der Waals surface area contributed by atoms with Gasteiger partial charge in [0, 0.05) is 20.1 Å². The molecule has 1 aliphatic heterocycles. The molecule has 0 N–H and O–H groups in total. The molecule has 0 spiro atoms. The van der Waals surface area contributed by atoms with E-state index in [1.165, 1.54) is 0 Å². The topological polar surface area (TPSA) is 73.0 Å². The number of carbonyl (C=O) groups excluding carboxylic acids is 1. The summed E-state index contributed by atoms with van der Waals surface area (Å²) < 4.78 is 3.48. The fourth-order valence-electron chi connectivity index (χ4n) is 4.41. The highest BCUT2D eigenvalue weighted by atomic mass is 16.2. The smallest absolute Gasteiger partial charge is 0.272 e. The Balaban J connectivity index is 1.60. The molecule has 7 heteroatoms. The molecule has 1 aliphatic carbocycles. The van der Waals surface area contributed by atoms with E-state index in [4.69, 9.17) is 4.98 Å². The normalized spacial score (nSPS) is 19.2. The maximum atomic E-state index is 13.3. The van der Waals surface area contributed by atoms with Crippen molar-refractivity contribution in [2.45, 2.75) is 45.2 Å². The minimum atomic E-state index is -0.186. The number of aromatic nitrogens is 4. The summed E-state index contributed by atoms with van der Waals surface area (Å²) in [5, 5.41) is 4.97. The molecule has 3 aromatic rings. The van der Waals surface area contributed by atoms with Gasteiger partial charge in [-0.15, -0.1) is 0 Å². The molecule has 2 aliphatic rings. The number of rotatable bonds is 4. The molecule has 5 rings (SSSR count). The van der Waals surface area contributed by atoms with E-state index in [-0.39, 0.29) is 17.5 Å². The molecule has 2 aromatic heterocycles. The predicted molar refractivity (Wildman–Crippen MR) is 110 cm³/mol. The van der Waals surface area contributed by atoms with Crippen LogP contribution in [0.15, 0.2) is 35.1 Å². The van der Waals surface area contributed by atoms with Crippen molar-refractivity contribution in [3.63, 3.8) is 0 Å². The highest BCUT2D eigenvalue weighted by molar-refractivity contribution is 5.93. The molecule has 7 nitrogen and oxygen atoms in total. The second-order valence-corrected chi connectivity index (χ2v) is 8.30. The number of hydrogen-bond donors (Lipinski definition) is 0. The van der Waals surface area contributed by atoms with Gasteiger partial charge in [-0.2, -0.15) is 5.10 Å². The van der Waals surface area contributed by atoms with Crippen LogP contribution in [0.2, 0.25) is 0 Å². The van der Waals surface area contributed by atoms with Crippen LogP contribution in [0, 0.1) is 12.8 Å². The van der Waals surface area contributed by atoms with Crippen molar-refractivity contribution < 1.29 is 4.79 Å². The Bertz CT molecular complexity index is 1160. The first-order valence-corrected chi connectivity index (χ1v) is 10.3. The number of amides is 1. The maximum Gasteiger partial charge on any atom is 0.272 e. The molecule has 1 saturated heterocycles. The van der Waals surface area contributed by atoms with Crippen LogP contribution < -0.4 is 5.56 Å². The minimum absolute atomic E-state index is 0.00757. The first-order chi connectivity index (χ1) is 14.0. The monoisotopic (exact) mass is 391 g/mol. The van der Waals surface area contributed by atoms with Crippen LogP contribution in [0.25, 0.3) is 10.9 Å². The average molecular weight is 391 g/mol. The van der Waals surface area contributed by atoms with Gasteiger partial charge >= 0.3 is 0 Å². The number of nitrogens with zero attached hydrogens (tertiary/aromatic N) is 5. The van der Waals surface area contributed by atoms with Crippen molar-refractivity contribution in [3.05, 3.63) is 57.9 Å². The van der Waals surface area contributed by atoms with Crippen LogP contribution >= 0.6 is 0 Å². The van der Waals surface area contributed by atoms with Gasteiger partial charge in [-0.25, -0.2) is 4.98 Å². The summed E-state index contributed by atoms with van der Waals surface area (Å²) in [7, 11) is 1.79. The van der Waals surface area contributed by atoms with Gasteiger partial charge in [0.15, 0.2) is 0 Å². The van der Waals surface area contributed by atoms with E-state index < -0.39 is 0 Å². The fraction of sp³-hybridized carbons (Fsp3) is 0.455. The molecule has 150 valence electrons. The molecule has 29 heavy (non-hydrogen) atoms. The summed E-state index contributed by atoms with van der Waals surface area (Å²) in [6.45, 7) is 3.24. The number of benzene rings is 1. The van der Waals surface area contributed by atoms with Crippen LogP contribution in [0.4, 0.5) is 0 Å². The van der Waals surface area contributed by atoms with Crippen molar-refractivity contribution in [1.29, 1.82) is 0 Å². The highest BCUT2D eigenvalue weighted by Crippen LogP contribution is 2.35. The number of likely N-dealkylation sites (tertiary alicyclic amines) is 1. The molecule has 1 aromatic carbocycles. The Morgan fingerprint density at radius 2 is 2.00 bits per heavy atom. The van der Waals surface area contributed by atoms with Gasteiger partial charge in [-0.05, 0) is 56.7 Å². The molecular weight excluding hydrogens is 366 g/mol. The van der Waals surface area contributed by atoms with Gasteiger partial charge in [-0.3, -0.25) is 18.8 Å². The third-order valence-corrected chi connectivity index (χ3v) is 6.06. The van der Waals surface area contributed by atoms with Gasteiger partial charge in [0.2, 0.25) is 0 Å². The van der Waals surface area contributed by atoms with Crippen molar-refractivity contribution in [3.8, 4) is 0 Å². The second-order valence-electron chi connectivity index (χ2n) is 8.30. The third kappa shape index (κ3) is 3.14. The quantitative estimate of drug-likeness (QED) is 0.686. The standard InChI is InChI=1S/C22H25N5O2/c1-14-12-19(25(2)24-14)22(29)26-11-5-8-18(26)20-23-17-7-4-3-6-16(17)21(28)27(20)13-15-9-10-15/h3-4,6-7,12,15,18H,5,8-11,13H2,1-2H3. The molecule has 0 radical (unpaired) electrons. The zero-order valence-corrected chi connectivity index (χ0v) is 16.8. The van der Waals surface area contributed by atoms with E-state index in [9.17, 15) is 9.59 Å². The molecule has 1 atom stereocenters.